The van der Waals surface area contributed by atoms with Crippen LogP contribution in [-0.2, 0) is 11.3 Å². The van der Waals surface area contributed by atoms with Crippen LogP contribution in [0.4, 0.5) is 15.9 Å². The highest BCUT2D eigenvalue weighted by Gasteiger charge is 2.22. The van der Waals surface area contributed by atoms with E-state index in [0.717, 1.165) is 69.8 Å². The Balaban J connectivity index is 1.36. The Morgan fingerprint density at radius 1 is 1.03 bits per heavy atom. The van der Waals surface area contributed by atoms with Crippen LogP contribution in [0.15, 0.2) is 47.6 Å². The Bertz CT molecular complexity index is 862. The summed E-state index contributed by atoms with van der Waals surface area (Å²) in [5, 5.41) is 3.49. The summed E-state index contributed by atoms with van der Waals surface area (Å²) in [6.07, 6.45) is 1.84. The van der Waals surface area contributed by atoms with Gasteiger partial charge in [0.1, 0.15) is 11.6 Å². The van der Waals surface area contributed by atoms with Crippen molar-refractivity contribution in [2.45, 2.75) is 6.54 Å². The molecule has 1 aromatic heterocycles. The summed E-state index contributed by atoms with van der Waals surface area (Å²) in [6, 6.07) is 11.0. The Labute approximate surface area is 177 Å². The van der Waals surface area contributed by atoms with Gasteiger partial charge in [0.15, 0.2) is 5.96 Å². The second kappa shape index (κ2) is 9.75. The maximum Gasteiger partial charge on any atom is 0.194 e. The number of guanidine groups is 1. The molecule has 0 bridgehead atoms. The minimum Gasteiger partial charge on any atom is -0.378 e. The first-order valence-corrected chi connectivity index (χ1v) is 10.5. The third-order valence-corrected chi connectivity index (χ3v) is 5.60. The molecule has 2 saturated heterocycles. The number of hydrogen-bond acceptors (Lipinski definition) is 5. The SMILES string of the molecule is CN=C(NCc1cccnc1N1CCOCC1)N1CCN(c2ccccc2F)CC1. The van der Waals surface area contributed by atoms with Gasteiger partial charge in [-0.05, 0) is 18.2 Å². The monoisotopic (exact) mass is 412 g/mol. The molecular formula is C22H29FN6O. The number of rotatable bonds is 4. The summed E-state index contributed by atoms with van der Waals surface area (Å²) < 4.78 is 19.6. The molecule has 0 aliphatic carbocycles. The van der Waals surface area contributed by atoms with Gasteiger partial charge in [0.05, 0.1) is 18.9 Å². The number of benzene rings is 1. The van der Waals surface area contributed by atoms with Gasteiger partial charge in [-0.25, -0.2) is 9.37 Å². The highest BCUT2D eigenvalue weighted by Crippen LogP contribution is 2.21. The second-order valence-electron chi connectivity index (χ2n) is 7.41. The molecule has 8 heteroatoms. The van der Waals surface area contributed by atoms with E-state index >= 15 is 0 Å². The Kier molecular flexibility index (Phi) is 6.63. The molecule has 2 aliphatic heterocycles. The molecule has 4 rings (SSSR count). The predicted molar refractivity (Wildman–Crippen MR) is 118 cm³/mol. The van der Waals surface area contributed by atoms with Gasteiger partial charge in [0, 0.05) is 64.6 Å². The molecule has 0 saturated carbocycles. The van der Waals surface area contributed by atoms with Crippen LogP contribution in [0.1, 0.15) is 5.56 Å². The first kappa shape index (κ1) is 20.4. The Morgan fingerprint density at radius 3 is 2.53 bits per heavy atom. The molecule has 0 atom stereocenters. The Hall–Kier alpha value is -2.87. The maximum absolute atomic E-state index is 14.1. The number of nitrogens with one attached hydrogen (secondary N) is 1. The number of piperazine rings is 1. The molecule has 0 radical (unpaired) electrons. The number of aliphatic imine (C=N–C) groups is 1. The minimum atomic E-state index is -0.166. The van der Waals surface area contributed by atoms with E-state index in [2.05, 4.69) is 36.1 Å². The molecule has 30 heavy (non-hydrogen) atoms. The molecule has 7 nitrogen and oxygen atoms in total. The molecule has 0 unspecified atom stereocenters. The normalized spacial score (nSPS) is 17.9. The molecule has 3 heterocycles. The molecule has 1 aromatic carbocycles. The lowest BCUT2D eigenvalue weighted by Crippen LogP contribution is -2.52. The van der Waals surface area contributed by atoms with E-state index in [1.54, 1.807) is 13.1 Å². The lowest BCUT2D eigenvalue weighted by Gasteiger charge is -2.38. The van der Waals surface area contributed by atoms with Gasteiger partial charge in [0.2, 0.25) is 0 Å². The van der Waals surface area contributed by atoms with Crippen molar-refractivity contribution in [1.29, 1.82) is 0 Å². The van der Waals surface area contributed by atoms with Crippen LogP contribution in [0, 0.1) is 5.82 Å². The topological polar surface area (TPSA) is 56.2 Å². The van der Waals surface area contributed by atoms with Gasteiger partial charge in [-0.2, -0.15) is 0 Å². The zero-order valence-electron chi connectivity index (χ0n) is 17.4. The van der Waals surface area contributed by atoms with Crippen LogP contribution in [-0.4, -0.2) is 75.4 Å². The standard InChI is InChI=1S/C22H29FN6O/c1-24-22(29-11-9-27(10-12-29)20-7-3-2-6-19(20)23)26-17-18-5-4-8-25-21(18)28-13-15-30-16-14-28/h2-8H,9-17H2,1H3,(H,24,26). The van der Waals surface area contributed by atoms with Gasteiger partial charge < -0.3 is 24.8 Å². The molecule has 160 valence electrons. The maximum atomic E-state index is 14.1. The van der Waals surface area contributed by atoms with E-state index < -0.39 is 0 Å². The smallest absolute Gasteiger partial charge is 0.194 e. The Morgan fingerprint density at radius 2 is 1.80 bits per heavy atom. The molecule has 2 aromatic rings. The van der Waals surface area contributed by atoms with Crippen LogP contribution >= 0.6 is 0 Å². The molecule has 2 aliphatic rings. The third kappa shape index (κ3) is 4.64. The first-order chi connectivity index (χ1) is 14.8. The number of halogens is 1. The molecule has 0 spiro atoms. The van der Waals surface area contributed by atoms with Crippen molar-refractivity contribution >= 4 is 17.5 Å². The fourth-order valence-electron chi connectivity index (χ4n) is 4.00. The number of ether oxygens (including phenoxy) is 1. The van der Waals surface area contributed by atoms with Gasteiger partial charge in [0.25, 0.3) is 0 Å². The summed E-state index contributed by atoms with van der Waals surface area (Å²) in [5.74, 6) is 1.70. The largest absolute Gasteiger partial charge is 0.378 e. The van der Waals surface area contributed by atoms with E-state index in [4.69, 9.17) is 4.74 Å². The summed E-state index contributed by atoms with van der Waals surface area (Å²) in [6.45, 7) is 6.93. The summed E-state index contributed by atoms with van der Waals surface area (Å²) in [4.78, 5) is 15.7. The van der Waals surface area contributed by atoms with Crippen LogP contribution in [0.25, 0.3) is 0 Å². The van der Waals surface area contributed by atoms with Crippen molar-refractivity contribution in [2.75, 3.05) is 69.3 Å². The number of aromatic nitrogens is 1. The highest BCUT2D eigenvalue weighted by molar-refractivity contribution is 5.80. The van der Waals surface area contributed by atoms with Crippen LogP contribution in [0.5, 0.6) is 0 Å². The number of anilines is 2. The lowest BCUT2D eigenvalue weighted by molar-refractivity contribution is 0.122. The van der Waals surface area contributed by atoms with Crippen molar-refractivity contribution in [2.24, 2.45) is 4.99 Å². The zero-order valence-corrected chi connectivity index (χ0v) is 17.4. The van der Waals surface area contributed by atoms with Crippen molar-refractivity contribution in [1.82, 2.24) is 15.2 Å². The number of hydrogen-bond donors (Lipinski definition) is 1. The van der Waals surface area contributed by atoms with Gasteiger partial charge in [-0.15, -0.1) is 0 Å². The lowest BCUT2D eigenvalue weighted by atomic mass is 10.2. The summed E-state index contributed by atoms with van der Waals surface area (Å²) >= 11 is 0. The van der Waals surface area contributed by atoms with Crippen molar-refractivity contribution in [3.8, 4) is 0 Å². The fourth-order valence-corrected chi connectivity index (χ4v) is 4.00. The quantitative estimate of drug-likeness (QED) is 0.612. The predicted octanol–water partition coefficient (Wildman–Crippen LogP) is 1.95. The van der Waals surface area contributed by atoms with Crippen LogP contribution in [0.3, 0.4) is 0 Å². The first-order valence-electron chi connectivity index (χ1n) is 10.5. The molecule has 0 amide bonds. The summed E-state index contributed by atoms with van der Waals surface area (Å²) in [7, 11) is 1.80. The van der Waals surface area contributed by atoms with Crippen LogP contribution < -0.4 is 15.1 Å². The average Bonchev–Trinajstić information content (AvgIpc) is 2.81. The molecular weight excluding hydrogens is 383 g/mol. The van der Waals surface area contributed by atoms with E-state index in [-0.39, 0.29) is 5.82 Å². The minimum absolute atomic E-state index is 0.166. The average molecular weight is 413 g/mol. The van der Waals surface area contributed by atoms with Crippen LogP contribution in [0.2, 0.25) is 0 Å². The van der Waals surface area contributed by atoms with E-state index in [9.17, 15) is 4.39 Å². The van der Waals surface area contributed by atoms with Crippen molar-refractivity contribution in [3.05, 3.63) is 54.0 Å². The van der Waals surface area contributed by atoms with Crippen molar-refractivity contribution in [3.63, 3.8) is 0 Å². The number of pyridine rings is 1. The van der Waals surface area contributed by atoms with Gasteiger partial charge >= 0.3 is 0 Å². The van der Waals surface area contributed by atoms with Crippen molar-refractivity contribution < 1.29 is 9.13 Å². The second-order valence-corrected chi connectivity index (χ2v) is 7.41. The molecule has 2 fully saturated rings. The number of para-hydroxylation sites is 1. The number of morpholine rings is 1. The summed E-state index contributed by atoms with van der Waals surface area (Å²) in [5.41, 5.74) is 1.82. The zero-order chi connectivity index (χ0) is 20.8. The number of nitrogens with zero attached hydrogens (tertiary/aromatic N) is 5. The van der Waals surface area contributed by atoms with Gasteiger partial charge in [-0.3, -0.25) is 4.99 Å². The van der Waals surface area contributed by atoms with E-state index in [1.807, 2.05) is 24.4 Å². The van der Waals surface area contributed by atoms with E-state index in [1.165, 1.54) is 6.07 Å². The highest BCUT2D eigenvalue weighted by atomic mass is 19.1. The fraction of sp³-hybridized carbons (Fsp3) is 0.455. The third-order valence-electron chi connectivity index (χ3n) is 5.60. The van der Waals surface area contributed by atoms with E-state index in [0.29, 0.717) is 12.2 Å². The van der Waals surface area contributed by atoms with Gasteiger partial charge in [-0.1, -0.05) is 18.2 Å². The molecule has 1 N–H and O–H groups in total.